The van der Waals surface area contributed by atoms with Gasteiger partial charge in [-0.3, -0.25) is 9.59 Å². The Morgan fingerprint density at radius 2 is 2.07 bits per heavy atom. The average molecular weight is 256 g/mol. The second kappa shape index (κ2) is 4.37. The highest BCUT2D eigenvalue weighted by Crippen LogP contribution is 2.17. The molecule has 0 unspecified atom stereocenters. The number of halogens is 1. The maximum atomic E-state index is 11.2. The van der Waals surface area contributed by atoms with E-state index in [1.165, 1.54) is 6.92 Å². The summed E-state index contributed by atoms with van der Waals surface area (Å²) in [5.41, 5.74) is 6.28. The molecule has 74 valence electrons. The van der Waals surface area contributed by atoms with Gasteiger partial charge in [-0.15, -0.1) is 0 Å². The third-order valence-corrected chi connectivity index (χ3v) is 2.31. The standard InChI is InChI=1S/C10H10BrNO2/c1-6(13)9-5-8(11)3-2-7(9)4-10(12)14/h2-3,5H,4H2,1H3,(H2,12,14). The first-order chi connectivity index (χ1) is 6.50. The van der Waals surface area contributed by atoms with Crippen molar-refractivity contribution in [1.29, 1.82) is 0 Å². The lowest BCUT2D eigenvalue weighted by atomic mass is 10.0. The number of carbonyl (C=O) groups is 2. The minimum atomic E-state index is -0.435. The van der Waals surface area contributed by atoms with Gasteiger partial charge in [0.05, 0.1) is 6.42 Å². The van der Waals surface area contributed by atoms with Crippen LogP contribution in [0.15, 0.2) is 22.7 Å². The predicted molar refractivity (Wildman–Crippen MR) is 57.0 cm³/mol. The van der Waals surface area contributed by atoms with Gasteiger partial charge in [0.1, 0.15) is 0 Å². The molecular formula is C10H10BrNO2. The van der Waals surface area contributed by atoms with Gasteiger partial charge in [0.25, 0.3) is 0 Å². The Bertz CT molecular complexity index is 388. The molecule has 0 heterocycles. The van der Waals surface area contributed by atoms with E-state index in [4.69, 9.17) is 5.73 Å². The smallest absolute Gasteiger partial charge is 0.221 e. The van der Waals surface area contributed by atoms with Crippen LogP contribution in [0.1, 0.15) is 22.8 Å². The van der Waals surface area contributed by atoms with Crippen molar-refractivity contribution in [1.82, 2.24) is 0 Å². The molecule has 0 aliphatic carbocycles. The molecule has 1 aromatic rings. The van der Waals surface area contributed by atoms with Crippen molar-refractivity contribution >= 4 is 27.6 Å². The summed E-state index contributed by atoms with van der Waals surface area (Å²) >= 11 is 3.26. The van der Waals surface area contributed by atoms with Gasteiger partial charge in [0, 0.05) is 10.0 Å². The molecule has 3 nitrogen and oxygen atoms in total. The van der Waals surface area contributed by atoms with Crippen LogP contribution in [0.3, 0.4) is 0 Å². The Kier molecular flexibility index (Phi) is 3.41. The van der Waals surface area contributed by atoms with Gasteiger partial charge in [-0.25, -0.2) is 0 Å². The topological polar surface area (TPSA) is 60.2 Å². The molecule has 1 aromatic carbocycles. The number of ketones is 1. The molecule has 0 bridgehead atoms. The Morgan fingerprint density at radius 3 is 2.57 bits per heavy atom. The fraction of sp³-hybridized carbons (Fsp3) is 0.200. The molecule has 14 heavy (non-hydrogen) atoms. The van der Waals surface area contributed by atoms with E-state index in [9.17, 15) is 9.59 Å². The van der Waals surface area contributed by atoms with Crippen LogP contribution in [0.5, 0.6) is 0 Å². The summed E-state index contributed by atoms with van der Waals surface area (Å²) in [6.07, 6.45) is 0.0994. The normalized spacial score (nSPS) is 9.86. The number of amides is 1. The van der Waals surface area contributed by atoms with Crippen molar-refractivity contribution in [3.63, 3.8) is 0 Å². The molecule has 0 atom stereocenters. The van der Waals surface area contributed by atoms with Crippen LogP contribution in [0.2, 0.25) is 0 Å². The first kappa shape index (κ1) is 10.9. The van der Waals surface area contributed by atoms with E-state index in [-0.39, 0.29) is 12.2 Å². The number of hydrogen-bond acceptors (Lipinski definition) is 2. The summed E-state index contributed by atoms with van der Waals surface area (Å²) in [4.78, 5) is 22.0. The Morgan fingerprint density at radius 1 is 1.43 bits per heavy atom. The monoisotopic (exact) mass is 255 g/mol. The molecule has 0 spiro atoms. The second-order valence-corrected chi connectivity index (χ2v) is 3.92. The minimum Gasteiger partial charge on any atom is -0.369 e. The minimum absolute atomic E-state index is 0.0671. The lowest BCUT2D eigenvalue weighted by Gasteiger charge is -2.05. The van der Waals surface area contributed by atoms with Crippen LogP contribution in [0.4, 0.5) is 0 Å². The summed E-state index contributed by atoms with van der Waals surface area (Å²) in [6, 6.07) is 5.21. The summed E-state index contributed by atoms with van der Waals surface area (Å²) in [7, 11) is 0. The predicted octanol–water partition coefficient (Wildman–Crippen LogP) is 1.68. The molecule has 0 aromatic heterocycles. The summed E-state index contributed by atoms with van der Waals surface area (Å²) in [5.74, 6) is -0.502. The molecule has 4 heteroatoms. The van der Waals surface area contributed by atoms with Gasteiger partial charge >= 0.3 is 0 Å². The average Bonchev–Trinajstić information content (AvgIpc) is 2.07. The number of benzene rings is 1. The maximum absolute atomic E-state index is 11.2. The highest BCUT2D eigenvalue weighted by molar-refractivity contribution is 9.10. The highest BCUT2D eigenvalue weighted by Gasteiger charge is 2.09. The highest BCUT2D eigenvalue weighted by atomic mass is 79.9. The van der Waals surface area contributed by atoms with Crippen molar-refractivity contribution in [3.8, 4) is 0 Å². The van der Waals surface area contributed by atoms with Gasteiger partial charge in [-0.05, 0) is 24.6 Å². The van der Waals surface area contributed by atoms with E-state index in [0.717, 1.165) is 4.47 Å². The lowest BCUT2D eigenvalue weighted by Crippen LogP contribution is -2.15. The zero-order chi connectivity index (χ0) is 10.7. The number of Topliss-reactive ketones (excluding diaryl/α,β-unsaturated/α-hetero) is 1. The molecule has 0 aliphatic rings. The molecule has 0 aliphatic heterocycles. The van der Waals surface area contributed by atoms with Crippen molar-refractivity contribution in [3.05, 3.63) is 33.8 Å². The lowest BCUT2D eigenvalue weighted by molar-refractivity contribution is -0.117. The van der Waals surface area contributed by atoms with Gasteiger partial charge in [0.15, 0.2) is 5.78 Å². The SMILES string of the molecule is CC(=O)c1cc(Br)ccc1CC(N)=O. The van der Waals surface area contributed by atoms with Crippen LogP contribution >= 0.6 is 15.9 Å². The molecular weight excluding hydrogens is 246 g/mol. The van der Waals surface area contributed by atoms with Crippen LogP contribution in [-0.4, -0.2) is 11.7 Å². The third-order valence-electron chi connectivity index (χ3n) is 1.82. The van der Waals surface area contributed by atoms with Gasteiger partial charge in [0.2, 0.25) is 5.91 Å². The van der Waals surface area contributed by atoms with Crippen molar-refractivity contribution in [2.45, 2.75) is 13.3 Å². The Labute approximate surface area is 90.4 Å². The molecule has 0 radical (unpaired) electrons. The van der Waals surface area contributed by atoms with E-state index in [1.54, 1.807) is 18.2 Å². The first-order valence-electron chi connectivity index (χ1n) is 4.08. The van der Waals surface area contributed by atoms with Crippen LogP contribution in [0.25, 0.3) is 0 Å². The van der Waals surface area contributed by atoms with Crippen molar-refractivity contribution < 1.29 is 9.59 Å². The number of rotatable bonds is 3. The third kappa shape index (κ3) is 2.67. The van der Waals surface area contributed by atoms with Crippen LogP contribution < -0.4 is 5.73 Å². The second-order valence-electron chi connectivity index (χ2n) is 3.00. The molecule has 0 saturated heterocycles. The maximum Gasteiger partial charge on any atom is 0.221 e. The fourth-order valence-electron chi connectivity index (χ4n) is 1.22. The molecule has 1 amide bonds. The first-order valence-corrected chi connectivity index (χ1v) is 4.87. The van der Waals surface area contributed by atoms with Crippen molar-refractivity contribution in [2.24, 2.45) is 5.73 Å². The summed E-state index contributed by atoms with van der Waals surface area (Å²) in [6.45, 7) is 1.46. The summed E-state index contributed by atoms with van der Waals surface area (Å²) < 4.78 is 0.816. The zero-order valence-electron chi connectivity index (χ0n) is 7.71. The Balaban J connectivity index is 3.14. The van der Waals surface area contributed by atoms with Crippen LogP contribution in [0, 0.1) is 0 Å². The van der Waals surface area contributed by atoms with Gasteiger partial charge in [-0.2, -0.15) is 0 Å². The molecule has 1 rings (SSSR count). The quantitative estimate of drug-likeness (QED) is 0.836. The number of hydrogen-bond donors (Lipinski definition) is 1. The molecule has 0 fully saturated rings. The van der Waals surface area contributed by atoms with E-state index in [2.05, 4.69) is 15.9 Å². The van der Waals surface area contributed by atoms with E-state index < -0.39 is 5.91 Å². The fourth-order valence-corrected chi connectivity index (χ4v) is 1.58. The van der Waals surface area contributed by atoms with E-state index >= 15 is 0 Å². The molecule has 0 saturated carbocycles. The largest absolute Gasteiger partial charge is 0.369 e. The van der Waals surface area contributed by atoms with Gasteiger partial charge < -0.3 is 5.73 Å². The number of primary amides is 1. The Hall–Kier alpha value is -1.16. The van der Waals surface area contributed by atoms with Crippen molar-refractivity contribution in [2.75, 3.05) is 0 Å². The number of nitrogens with two attached hydrogens (primary N) is 1. The summed E-state index contributed by atoms with van der Waals surface area (Å²) in [5, 5.41) is 0. The van der Waals surface area contributed by atoms with Crippen LogP contribution in [-0.2, 0) is 11.2 Å². The van der Waals surface area contributed by atoms with E-state index in [1.807, 2.05) is 0 Å². The number of carbonyl (C=O) groups excluding carboxylic acids is 2. The van der Waals surface area contributed by atoms with Gasteiger partial charge in [-0.1, -0.05) is 22.0 Å². The van der Waals surface area contributed by atoms with E-state index in [0.29, 0.717) is 11.1 Å². The zero-order valence-corrected chi connectivity index (χ0v) is 9.30. The molecule has 2 N–H and O–H groups in total.